The van der Waals surface area contributed by atoms with Gasteiger partial charge in [-0.1, -0.05) is 0 Å². The number of rotatable bonds is 3. The van der Waals surface area contributed by atoms with Crippen LogP contribution in [0.25, 0.3) is 0 Å². The fourth-order valence-corrected chi connectivity index (χ4v) is 2.92. The van der Waals surface area contributed by atoms with Gasteiger partial charge in [-0.15, -0.1) is 11.3 Å². The summed E-state index contributed by atoms with van der Waals surface area (Å²) in [5.74, 6) is 0.702. The summed E-state index contributed by atoms with van der Waals surface area (Å²) >= 11 is 1.70. The first-order chi connectivity index (χ1) is 6.77. The molecule has 3 rings (SSSR count). The first kappa shape index (κ1) is 8.83. The number of nitrogens with zero attached hydrogens (tertiary/aromatic N) is 1. The van der Waals surface area contributed by atoms with Crippen molar-refractivity contribution in [1.29, 1.82) is 0 Å². The minimum Gasteiger partial charge on any atom is -0.387 e. The van der Waals surface area contributed by atoms with Gasteiger partial charge in [0.2, 0.25) is 0 Å². The van der Waals surface area contributed by atoms with Gasteiger partial charge in [-0.25, -0.2) is 4.98 Å². The van der Waals surface area contributed by atoms with Gasteiger partial charge >= 0.3 is 0 Å². The molecule has 0 bridgehead atoms. The number of hydrogen-bond acceptors (Lipinski definition) is 4. The van der Waals surface area contributed by atoms with E-state index in [1.807, 2.05) is 5.51 Å². The minimum absolute atomic E-state index is 0.490. The van der Waals surface area contributed by atoms with Crippen LogP contribution in [0.15, 0.2) is 5.51 Å². The van der Waals surface area contributed by atoms with Crippen LogP contribution >= 0.6 is 11.3 Å². The Morgan fingerprint density at radius 2 is 2.36 bits per heavy atom. The molecule has 0 aromatic carbocycles. The molecule has 0 unspecified atom stereocenters. The Balaban J connectivity index is 1.78. The molecule has 1 aromatic rings. The van der Waals surface area contributed by atoms with E-state index in [1.54, 1.807) is 11.3 Å². The highest BCUT2D eigenvalue weighted by Gasteiger charge is 2.37. The van der Waals surface area contributed by atoms with Crippen molar-refractivity contribution in [3.63, 3.8) is 0 Å². The van der Waals surface area contributed by atoms with Gasteiger partial charge in [-0.05, 0) is 12.8 Å². The molecule has 0 amide bonds. The molecule has 2 aliphatic rings. The number of nitrogens with one attached hydrogen (secondary N) is 1. The van der Waals surface area contributed by atoms with Crippen LogP contribution in [-0.4, -0.2) is 28.8 Å². The molecule has 0 atom stereocenters. The van der Waals surface area contributed by atoms with Gasteiger partial charge in [-0.2, -0.15) is 0 Å². The van der Waals surface area contributed by atoms with Crippen LogP contribution in [0.5, 0.6) is 0 Å². The fourth-order valence-electron chi connectivity index (χ4n) is 1.94. The van der Waals surface area contributed by atoms with Crippen molar-refractivity contribution in [3.05, 3.63) is 16.1 Å². The van der Waals surface area contributed by atoms with E-state index >= 15 is 0 Å². The number of aliphatic hydroxyl groups is 1. The summed E-state index contributed by atoms with van der Waals surface area (Å²) in [6, 6.07) is 0. The zero-order valence-electron chi connectivity index (χ0n) is 7.99. The number of thiazole rings is 1. The Kier molecular flexibility index (Phi) is 1.90. The summed E-state index contributed by atoms with van der Waals surface area (Å²) in [6.45, 7) is 1.46. The summed E-state index contributed by atoms with van der Waals surface area (Å²) in [6.07, 6.45) is 3.36. The van der Waals surface area contributed by atoms with Gasteiger partial charge in [0.05, 0.1) is 16.8 Å². The predicted molar refractivity (Wildman–Crippen MR) is 55.6 cm³/mol. The van der Waals surface area contributed by atoms with Crippen molar-refractivity contribution in [2.24, 2.45) is 0 Å². The normalized spacial score (nSPS) is 24.6. The summed E-state index contributed by atoms with van der Waals surface area (Å²) in [5, 5.41) is 13.1. The first-order valence-electron chi connectivity index (χ1n) is 5.12. The second kappa shape index (κ2) is 3.02. The smallest absolute Gasteiger partial charge is 0.0943 e. The second-order valence-corrected chi connectivity index (χ2v) is 5.38. The average Bonchev–Trinajstić information content (AvgIpc) is 2.86. The van der Waals surface area contributed by atoms with Crippen LogP contribution in [0.1, 0.15) is 29.3 Å². The van der Waals surface area contributed by atoms with Crippen molar-refractivity contribution in [1.82, 2.24) is 10.3 Å². The lowest BCUT2D eigenvalue weighted by atomic mass is 9.91. The third-order valence-corrected chi connectivity index (χ3v) is 3.88. The molecule has 1 aliphatic heterocycles. The third-order valence-electron chi connectivity index (χ3n) is 3.03. The maximum absolute atomic E-state index is 10.0. The van der Waals surface area contributed by atoms with Crippen molar-refractivity contribution in [3.8, 4) is 0 Å². The van der Waals surface area contributed by atoms with E-state index in [1.165, 1.54) is 23.4 Å². The molecule has 1 saturated carbocycles. The highest BCUT2D eigenvalue weighted by atomic mass is 32.1. The highest BCUT2D eigenvalue weighted by molar-refractivity contribution is 7.09. The predicted octanol–water partition coefficient (Wildman–Crippen LogP) is 0.897. The van der Waals surface area contributed by atoms with Crippen LogP contribution < -0.4 is 5.32 Å². The van der Waals surface area contributed by atoms with E-state index in [2.05, 4.69) is 10.3 Å². The van der Waals surface area contributed by atoms with E-state index in [0.29, 0.717) is 5.92 Å². The summed E-state index contributed by atoms with van der Waals surface area (Å²) in [4.78, 5) is 5.71. The molecule has 3 nitrogen and oxygen atoms in total. The second-order valence-electron chi connectivity index (χ2n) is 4.44. The molecule has 2 N–H and O–H groups in total. The van der Waals surface area contributed by atoms with Gasteiger partial charge in [0.1, 0.15) is 0 Å². The highest BCUT2D eigenvalue weighted by Crippen LogP contribution is 2.42. The van der Waals surface area contributed by atoms with E-state index in [0.717, 1.165) is 19.5 Å². The molecule has 2 heterocycles. The summed E-state index contributed by atoms with van der Waals surface area (Å²) in [5.41, 5.74) is 2.68. The van der Waals surface area contributed by atoms with Gasteiger partial charge in [0.25, 0.3) is 0 Å². The van der Waals surface area contributed by atoms with Crippen LogP contribution in [0, 0.1) is 0 Å². The lowest BCUT2D eigenvalue weighted by molar-refractivity contribution is -0.00853. The molecule has 76 valence electrons. The Labute approximate surface area is 87.2 Å². The largest absolute Gasteiger partial charge is 0.387 e. The third kappa shape index (κ3) is 1.47. The van der Waals surface area contributed by atoms with Gasteiger partial charge in [0.15, 0.2) is 0 Å². The molecule has 1 aliphatic carbocycles. The Morgan fingerprint density at radius 1 is 1.57 bits per heavy atom. The lowest BCUT2D eigenvalue weighted by Gasteiger charge is -2.37. The van der Waals surface area contributed by atoms with Crippen molar-refractivity contribution >= 4 is 11.3 Å². The van der Waals surface area contributed by atoms with Crippen molar-refractivity contribution in [2.45, 2.75) is 30.8 Å². The molecule has 2 fully saturated rings. The number of aromatic nitrogens is 1. The van der Waals surface area contributed by atoms with E-state index in [4.69, 9.17) is 0 Å². The lowest BCUT2D eigenvalue weighted by Crippen LogP contribution is -2.60. The summed E-state index contributed by atoms with van der Waals surface area (Å²) < 4.78 is 0. The molecule has 0 spiro atoms. The SMILES string of the molecule is OC1(Cc2scnc2C2CC2)CNC1. The minimum atomic E-state index is -0.490. The fraction of sp³-hybridized carbons (Fsp3) is 0.700. The number of hydrogen-bond donors (Lipinski definition) is 2. The average molecular weight is 210 g/mol. The molecule has 0 radical (unpaired) electrons. The topological polar surface area (TPSA) is 45.2 Å². The van der Waals surface area contributed by atoms with Crippen LogP contribution in [-0.2, 0) is 6.42 Å². The maximum atomic E-state index is 10.0. The first-order valence-corrected chi connectivity index (χ1v) is 6.00. The van der Waals surface area contributed by atoms with Gasteiger partial charge in [0, 0.05) is 30.3 Å². The maximum Gasteiger partial charge on any atom is 0.0943 e. The van der Waals surface area contributed by atoms with E-state index in [9.17, 15) is 5.11 Å². The van der Waals surface area contributed by atoms with Gasteiger partial charge in [-0.3, -0.25) is 0 Å². The van der Waals surface area contributed by atoms with Crippen molar-refractivity contribution < 1.29 is 5.11 Å². The van der Waals surface area contributed by atoms with Crippen LogP contribution in [0.3, 0.4) is 0 Å². The molecule has 4 heteroatoms. The quantitative estimate of drug-likeness (QED) is 0.779. The molecule has 1 saturated heterocycles. The monoisotopic (exact) mass is 210 g/mol. The summed E-state index contributed by atoms with van der Waals surface area (Å²) in [7, 11) is 0. The van der Waals surface area contributed by atoms with Crippen LogP contribution in [0.4, 0.5) is 0 Å². The molecular weight excluding hydrogens is 196 g/mol. The van der Waals surface area contributed by atoms with Gasteiger partial charge < -0.3 is 10.4 Å². The molecule has 1 aromatic heterocycles. The zero-order chi connectivity index (χ0) is 9.60. The Morgan fingerprint density at radius 3 is 2.93 bits per heavy atom. The molecule has 14 heavy (non-hydrogen) atoms. The van der Waals surface area contributed by atoms with E-state index in [-0.39, 0.29) is 0 Å². The van der Waals surface area contributed by atoms with Crippen molar-refractivity contribution in [2.75, 3.05) is 13.1 Å². The number of β-amino-alcohol motifs (C(OH)–C–C–N with tert-alkyl or cyclic N) is 1. The Bertz CT molecular complexity index is 342. The Hall–Kier alpha value is -0.450. The van der Waals surface area contributed by atoms with Crippen LogP contribution in [0.2, 0.25) is 0 Å². The molecular formula is C10H14N2OS. The van der Waals surface area contributed by atoms with E-state index < -0.39 is 5.60 Å². The zero-order valence-corrected chi connectivity index (χ0v) is 8.81. The standard InChI is InChI=1S/C10H14N2OS/c13-10(4-11-5-10)3-8-9(7-1-2-7)12-6-14-8/h6-7,11,13H,1-5H2.